The Morgan fingerprint density at radius 2 is 2.11 bits per heavy atom. The van der Waals surface area contributed by atoms with Gasteiger partial charge in [0.2, 0.25) is 11.7 Å². The average Bonchev–Trinajstić information content (AvgIpc) is 3.45. The summed E-state index contributed by atoms with van der Waals surface area (Å²) in [5.41, 5.74) is 0.931. The maximum absolute atomic E-state index is 13.2. The molecule has 0 radical (unpaired) electrons. The van der Waals surface area contributed by atoms with Crippen molar-refractivity contribution in [2.24, 2.45) is 5.41 Å². The van der Waals surface area contributed by atoms with Gasteiger partial charge in [0.25, 0.3) is 0 Å². The summed E-state index contributed by atoms with van der Waals surface area (Å²) in [6.45, 7) is 5.10. The molecule has 2 aliphatic rings. The Kier molecular flexibility index (Phi) is 4.53. The van der Waals surface area contributed by atoms with Crippen molar-refractivity contribution in [3.8, 4) is 11.4 Å². The molecular formula is C21H23FN4OS. The molecule has 0 aliphatic carbocycles. The van der Waals surface area contributed by atoms with Crippen LogP contribution in [0, 0.1) is 11.2 Å². The Morgan fingerprint density at radius 1 is 1.25 bits per heavy atom. The Labute approximate surface area is 167 Å². The molecule has 0 bridgehead atoms. The summed E-state index contributed by atoms with van der Waals surface area (Å²) >= 11 is 1.81. The van der Waals surface area contributed by atoms with Crippen molar-refractivity contribution in [2.45, 2.75) is 18.9 Å². The first-order valence-electron chi connectivity index (χ1n) is 9.64. The minimum Gasteiger partial charge on any atom is -0.339 e. The quantitative estimate of drug-likeness (QED) is 0.668. The number of likely N-dealkylation sites (tertiary alicyclic amines) is 2. The van der Waals surface area contributed by atoms with Gasteiger partial charge in [-0.3, -0.25) is 4.90 Å². The summed E-state index contributed by atoms with van der Waals surface area (Å²) in [6.07, 6.45) is 1.14. The Hall–Kier alpha value is -2.09. The predicted octanol–water partition coefficient (Wildman–Crippen LogP) is 3.86. The van der Waals surface area contributed by atoms with Gasteiger partial charge in [-0.2, -0.15) is 4.98 Å². The van der Waals surface area contributed by atoms with Gasteiger partial charge in [0.15, 0.2) is 0 Å². The maximum Gasteiger partial charge on any atom is 0.232 e. The van der Waals surface area contributed by atoms with E-state index in [1.54, 1.807) is 23.5 Å². The minimum atomic E-state index is -0.263. The van der Waals surface area contributed by atoms with Crippen molar-refractivity contribution in [3.63, 3.8) is 0 Å². The van der Waals surface area contributed by atoms with Crippen molar-refractivity contribution in [1.29, 1.82) is 0 Å². The zero-order valence-corrected chi connectivity index (χ0v) is 16.7. The normalized spacial score (nSPS) is 25.9. The van der Waals surface area contributed by atoms with Crippen molar-refractivity contribution < 1.29 is 8.91 Å². The van der Waals surface area contributed by atoms with Crippen molar-refractivity contribution in [1.82, 2.24) is 19.9 Å². The van der Waals surface area contributed by atoms with Crippen LogP contribution in [0.3, 0.4) is 0 Å². The molecule has 146 valence electrons. The van der Waals surface area contributed by atoms with Gasteiger partial charge >= 0.3 is 0 Å². The molecule has 0 unspecified atom stereocenters. The van der Waals surface area contributed by atoms with Gasteiger partial charge < -0.3 is 9.42 Å². The summed E-state index contributed by atoms with van der Waals surface area (Å²) in [7, 11) is 2.19. The van der Waals surface area contributed by atoms with Crippen molar-refractivity contribution >= 4 is 11.3 Å². The van der Waals surface area contributed by atoms with E-state index in [2.05, 4.69) is 39.5 Å². The molecule has 7 heteroatoms. The van der Waals surface area contributed by atoms with Gasteiger partial charge in [-0.25, -0.2) is 4.39 Å². The second-order valence-electron chi connectivity index (χ2n) is 8.11. The van der Waals surface area contributed by atoms with Gasteiger partial charge in [0.1, 0.15) is 5.82 Å². The lowest BCUT2D eigenvalue weighted by Gasteiger charge is -2.27. The van der Waals surface area contributed by atoms with Crippen LogP contribution >= 0.6 is 11.3 Å². The molecule has 1 spiro atoms. The summed E-state index contributed by atoms with van der Waals surface area (Å²) in [5.74, 6) is 1.20. The molecule has 0 amide bonds. The van der Waals surface area contributed by atoms with E-state index in [0.717, 1.165) is 44.7 Å². The van der Waals surface area contributed by atoms with Crippen LogP contribution in [0.25, 0.3) is 11.4 Å². The van der Waals surface area contributed by atoms with Crippen LogP contribution in [0.5, 0.6) is 0 Å². The summed E-state index contributed by atoms with van der Waals surface area (Å²) in [4.78, 5) is 11.0. The highest BCUT2D eigenvalue weighted by molar-refractivity contribution is 7.09. The molecule has 2 saturated heterocycles. The highest BCUT2D eigenvalue weighted by atomic mass is 32.1. The first kappa shape index (κ1) is 18.0. The minimum absolute atomic E-state index is 0.151. The molecule has 4 heterocycles. The fourth-order valence-corrected chi connectivity index (χ4v) is 5.52. The third-order valence-corrected chi connectivity index (χ3v) is 6.96. The summed E-state index contributed by atoms with van der Waals surface area (Å²) in [5, 5.41) is 6.33. The second-order valence-corrected chi connectivity index (χ2v) is 9.15. The van der Waals surface area contributed by atoms with E-state index in [4.69, 9.17) is 9.51 Å². The fourth-order valence-electron chi connectivity index (χ4n) is 4.77. The van der Waals surface area contributed by atoms with Crippen LogP contribution < -0.4 is 0 Å². The lowest BCUT2D eigenvalue weighted by Crippen LogP contribution is -2.32. The van der Waals surface area contributed by atoms with Crippen LogP contribution in [-0.4, -0.2) is 53.2 Å². The first-order valence-corrected chi connectivity index (χ1v) is 10.5. The lowest BCUT2D eigenvalue weighted by molar-refractivity contribution is 0.223. The predicted molar refractivity (Wildman–Crippen MR) is 107 cm³/mol. The molecule has 0 saturated carbocycles. The molecule has 0 N–H and O–H groups in total. The number of hydrogen-bond acceptors (Lipinski definition) is 6. The van der Waals surface area contributed by atoms with Gasteiger partial charge in [-0.05, 0) is 55.7 Å². The largest absolute Gasteiger partial charge is 0.339 e. The van der Waals surface area contributed by atoms with Gasteiger partial charge in [-0.15, -0.1) is 11.3 Å². The van der Waals surface area contributed by atoms with Crippen molar-refractivity contribution in [3.05, 3.63) is 58.4 Å². The van der Waals surface area contributed by atoms with E-state index in [0.29, 0.717) is 11.7 Å². The van der Waals surface area contributed by atoms with Crippen LogP contribution in [0.2, 0.25) is 0 Å². The lowest BCUT2D eigenvalue weighted by atomic mass is 9.77. The molecule has 5 nitrogen and oxygen atoms in total. The monoisotopic (exact) mass is 398 g/mol. The van der Waals surface area contributed by atoms with E-state index < -0.39 is 0 Å². The number of nitrogens with zero attached hydrogens (tertiary/aromatic N) is 4. The second kappa shape index (κ2) is 7.06. The topological polar surface area (TPSA) is 45.4 Å². The third-order valence-electron chi connectivity index (χ3n) is 6.10. The number of thiophene rings is 1. The SMILES string of the molecule is CN1CC[C@]2(C1)CN(Cc1cccs1)C[C@H]2c1nc(-c2ccc(F)cc2)no1. The van der Waals surface area contributed by atoms with Gasteiger partial charge in [0, 0.05) is 42.0 Å². The van der Waals surface area contributed by atoms with Crippen molar-refractivity contribution in [2.75, 3.05) is 33.2 Å². The maximum atomic E-state index is 13.2. The van der Waals surface area contributed by atoms with Crippen LogP contribution in [-0.2, 0) is 6.54 Å². The number of benzene rings is 1. The van der Waals surface area contributed by atoms with Gasteiger partial charge in [-0.1, -0.05) is 11.2 Å². The molecule has 2 aliphatic heterocycles. The van der Waals surface area contributed by atoms with E-state index in [-0.39, 0.29) is 17.2 Å². The molecule has 2 fully saturated rings. The zero-order chi connectivity index (χ0) is 19.1. The molecule has 1 aromatic carbocycles. The molecule has 2 aromatic heterocycles. The number of halogens is 1. The van der Waals surface area contributed by atoms with Crippen LogP contribution in [0.15, 0.2) is 46.3 Å². The van der Waals surface area contributed by atoms with E-state index in [1.807, 2.05) is 0 Å². The first-order chi connectivity index (χ1) is 13.6. The molecular weight excluding hydrogens is 375 g/mol. The Morgan fingerprint density at radius 3 is 2.82 bits per heavy atom. The highest BCUT2D eigenvalue weighted by Crippen LogP contribution is 2.49. The fraction of sp³-hybridized carbons (Fsp3) is 0.429. The molecule has 5 rings (SSSR count). The van der Waals surface area contributed by atoms with Gasteiger partial charge in [0.05, 0.1) is 5.92 Å². The zero-order valence-electron chi connectivity index (χ0n) is 15.8. The molecule has 28 heavy (non-hydrogen) atoms. The summed E-state index contributed by atoms with van der Waals surface area (Å²) in [6, 6.07) is 10.6. The number of rotatable bonds is 4. The van der Waals surface area contributed by atoms with Crippen LogP contribution in [0.1, 0.15) is 23.1 Å². The average molecular weight is 399 g/mol. The smallest absolute Gasteiger partial charge is 0.232 e. The Balaban J connectivity index is 1.42. The highest BCUT2D eigenvalue weighted by Gasteiger charge is 2.52. The van der Waals surface area contributed by atoms with Crippen LogP contribution in [0.4, 0.5) is 4.39 Å². The number of aromatic nitrogens is 2. The molecule has 2 atom stereocenters. The summed E-state index contributed by atoms with van der Waals surface area (Å²) < 4.78 is 19.0. The van der Waals surface area contributed by atoms with E-state index >= 15 is 0 Å². The standard InChI is InChI=1S/C21H23FN4OS/c1-25-9-8-21(13-25)14-26(11-17-3-2-10-28-17)12-18(21)20-23-19(24-27-20)15-4-6-16(22)7-5-15/h2-7,10,18H,8-9,11-14H2,1H3/t18-,21-/m0/s1. The molecule has 3 aromatic rings. The van der Waals surface area contributed by atoms with E-state index in [1.165, 1.54) is 17.0 Å². The third kappa shape index (κ3) is 3.27. The van der Waals surface area contributed by atoms with E-state index in [9.17, 15) is 4.39 Å². The Bertz CT molecular complexity index is 942. The number of hydrogen-bond donors (Lipinski definition) is 0.